The van der Waals surface area contributed by atoms with Gasteiger partial charge in [0.2, 0.25) is 0 Å². The Kier molecular flexibility index (Phi) is 5.61. The Morgan fingerprint density at radius 2 is 2.03 bits per heavy atom. The number of fused-ring (bicyclic) bond motifs is 2. The number of rotatable bonds is 5. The maximum Gasteiger partial charge on any atom is 0.335 e. The van der Waals surface area contributed by atoms with Gasteiger partial charge < -0.3 is 19.1 Å². The molecule has 7 nitrogen and oxygen atoms in total. The second-order valence-corrected chi connectivity index (χ2v) is 10.2. The van der Waals surface area contributed by atoms with Gasteiger partial charge in [-0.2, -0.15) is 5.10 Å². The molecule has 8 heteroatoms. The van der Waals surface area contributed by atoms with Crippen LogP contribution in [-0.4, -0.2) is 51.8 Å². The number of halogens is 1. The Morgan fingerprint density at radius 3 is 2.72 bits per heavy atom. The number of hydrogen-bond acceptors (Lipinski definition) is 4. The molecule has 1 saturated carbocycles. The number of benzene rings is 2. The Labute approximate surface area is 208 Å². The molecule has 1 saturated heterocycles. The standard InChI is InChI=1S/C28H30FN3O4/c1-16-11-20(3-4-22(16)29)32-24-12-19-15-30-31-23(19)13-21(24)25(26(32)17-6-9-36-10-7-17)18-5-8-28(14-18,35-2)27(33)34/h3-4,11-13,15,17-18H,5-10,14H2,1-2H3,(H,30,31)(H,33,34)/t18?,28-/m0/s1. The summed E-state index contributed by atoms with van der Waals surface area (Å²) in [6.07, 6.45) is 5.17. The van der Waals surface area contributed by atoms with E-state index in [1.165, 1.54) is 24.4 Å². The van der Waals surface area contributed by atoms with Crippen LogP contribution >= 0.6 is 0 Å². The molecule has 4 aromatic rings. The summed E-state index contributed by atoms with van der Waals surface area (Å²) in [6.45, 7) is 3.14. The number of aromatic nitrogens is 3. The number of H-pyrrole nitrogens is 1. The molecule has 2 aliphatic rings. The number of methoxy groups -OCH3 is 1. The van der Waals surface area contributed by atoms with Crippen molar-refractivity contribution in [2.45, 2.75) is 56.5 Å². The van der Waals surface area contributed by atoms with Crippen molar-refractivity contribution < 1.29 is 23.8 Å². The Bertz CT molecular complexity index is 1470. The van der Waals surface area contributed by atoms with Gasteiger partial charge in [0.05, 0.1) is 17.2 Å². The number of nitrogens with zero attached hydrogens (tertiary/aromatic N) is 2. The third kappa shape index (κ3) is 3.54. The fourth-order valence-corrected chi connectivity index (χ4v) is 6.34. The topological polar surface area (TPSA) is 89.4 Å². The van der Waals surface area contributed by atoms with Gasteiger partial charge in [-0.1, -0.05) is 0 Å². The first-order valence-electron chi connectivity index (χ1n) is 12.6. The molecule has 0 spiro atoms. The van der Waals surface area contributed by atoms with E-state index >= 15 is 0 Å². The largest absolute Gasteiger partial charge is 0.479 e. The van der Waals surface area contributed by atoms with E-state index in [0.717, 1.165) is 46.8 Å². The fraction of sp³-hybridized carbons (Fsp3) is 0.429. The highest BCUT2D eigenvalue weighted by atomic mass is 19.1. The van der Waals surface area contributed by atoms with Crippen LogP contribution in [0, 0.1) is 12.7 Å². The van der Waals surface area contributed by atoms with Gasteiger partial charge in [-0.05, 0) is 86.4 Å². The summed E-state index contributed by atoms with van der Waals surface area (Å²) in [6, 6.07) is 9.52. The van der Waals surface area contributed by atoms with Crippen LogP contribution in [0.4, 0.5) is 4.39 Å². The van der Waals surface area contributed by atoms with Crippen molar-refractivity contribution in [1.29, 1.82) is 0 Å². The zero-order valence-electron chi connectivity index (χ0n) is 20.5. The van der Waals surface area contributed by atoms with Crippen LogP contribution in [0.15, 0.2) is 36.5 Å². The van der Waals surface area contributed by atoms with E-state index in [4.69, 9.17) is 9.47 Å². The summed E-state index contributed by atoms with van der Waals surface area (Å²) in [7, 11) is 1.49. The first-order valence-corrected chi connectivity index (χ1v) is 12.6. The lowest BCUT2D eigenvalue weighted by molar-refractivity contribution is -0.161. The van der Waals surface area contributed by atoms with Crippen LogP contribution in [0.3, 0.4) is 0 Å². The van der Waals surface area contributed by atoms with Crippen LogP contribution in [0.5, 0.6) is 0 Å². The number of ether oxygens (including phenoxy) is 2. The number of carbonyl (C=O) groups is 1. The second kappa shape index (κ2) is 8.71. The highest BCUT2D eigenvalue weighted by Gasteiger charge is 2.48. The lowest BCUT2D eigenvalue weighted by atomic mass is 9.85. The maximum absolute atomic E-state index is 14.3. The van der Waals surface area contributed by atoms with Crippen LogP contribution in [0.25, 0.3) is 27.5 Å². The molecule has 6 rings (SSSR count). The van der Waals surface area contributed by atoms with Crippen LogP contribution in [-0.2, 0) is 14.3 Å². The number of carboxylic acid groups (broad SMARTS) is 1. The summed E-state index contributed by atoms with van der Waals surface area (Å²) in [5, 5.41) is 19.4. The maximum atomic E-state index is 14.3. The molecular formula is C28H30FN3O4. The number of aryl methyl sites for hydroxylation is 1. The SMILES string of the molecule is CO[C@@]1(C(=O)O)CCC(c2c(C3CCOCC3)n(-c3ccc(F)c(C)c3)c3cc4cn[nH]c4cc23)C1. The van der Waals surface area contributed by atoms with E-state index in [1.807, 2.05) is 18.3 Å². The van der Waals surface area contributed by atoms with Crippen molar-refractivity contribution in [3.63, 3.8) is 0 Å². The second-order valence-electron chi connectivity index (χ2n) is 10.2. The smallest absolute Gasteiger partial charge is 0.335 e. The first-order chi connectivity index (χ1) is 17.4. The van der Waals surface area contributed by atoms with Gasteiger partial charge in [0, 0.05) is 48.4 Å². The lowest BCUT2D eigenvalue weighted by Gasteiger charge is -2.28. The number of aliphatic carboxylic acids is 1. The van der Waals surface area contributed by atoms with E-state index in [1.54, 1.807) is 6.92 Å². The van der Waals surface area contributed by atoms with Gasteiger partial charge in [-0.25, -0.2) is 9.18 Å². The van der Waals surface area contributed by atoms with Gasteiger partial charge in [-0.15, -0.1) is 0 Å². The van der Waals surface area contributed by atoms with Crippen molar-refractivity contribution in [3.8, 4) is 5.69 Å². The van der Waals surface area contributed by atoms with Crippen molar-refractivity contribution in [2.75, 3.05) is 20.3 Å². The van der Waals surface area contributed by atoms with E-state index in [2.05, 4.69) is 26.9 Å². The average molecular weight is 492 g/mol. The third-order valence-electron chi connectivity index (χ3n) is 8.27. The quantitative estimate of drug-likeness (QED) is 0.380. The van der Waals surface area contributed by atoms with E-state index in [9.17, 15) is 14.3 Å². The van der Waals surface area contributed by atoms with Gasteiger partial charge in [-0.3, -0.25) is 5.10 Å². The van der Waals surface area contributed by atoms with Crippen molar-refractivity contribution in [2.24, 2.45) is 0 Å². The fourth-order valence-electron chi connectivity index (χ4n) is 6.34. The predicted molar refractivity (Wildman–Crippen MR) is 134 cm³/mol. The van der Waals surface area contributed by atoms with E-state index in [0.29, 0.717) is 31.6 Å². The highest BCUT2D eigenvalue weighted by Crippen LogP contribution is 2.50. The summed E-state index contributed by atoms with van der Waals surface area (Å²) in [5.74, 6) is -0.883. The predicted octanol–water partition coefficient (Wildman–Crippen LogP) is 5.59. The van der Waals surface area contributed by atoms with Crippen LogP contribution in [0.1, 0.15) is 60.8 Å². The highest BCUT2D eigenvalue weighted by molar-refractivity contribution is 5.99. The molecule has 2 aromatic heterocycles. The molecule has 2 fully saturated rings. The van der Waals surface area contributed by atoms with Crippen molar-refractivity contribution in [1.82, 2.24) is 14.8 Å². The molecule has 1 aliphatic heterocycles. The van der Waals surface area contributed by atoms with Gasteiger partial charge >= 0.3 is 5.97 Å². The van der Waals surface area contributed by atoms with Gasteiger partial charge in [0.1, 0.15) is 5.82 Å². The molecule has 2 aromatic carbocycles. The van der Waals surface area contributed by atoms with Crippen molar-refractivity contribution >= 4 is 27.8 Å². The zero-order chi connectivity index (χ0) is 25.0. The summed E-state index contributed by atoms with van der Waals surface area (Å²) >= 11 is 0. The summed E-state index contributed by atoms with van der Waals surface area (Å²) in [4.78, 5) is 12.2. The van der Waals surface area contributed by atoms with Crippen molar-refractivity contribution in [3.05, 3.63) is 59.2 Å². The Balaban J connectivity index is 1.66. The van der Waals surface area contributed by atoms with Gasteiger partial charge in [0.15, 0.2) is 5.60 Å². The molecule has 0 radical (unpaired) electrons. The molecule has 36 heavy (non-hydrogen) atoms. The zero-order valence-corrected chi connectivity index (χ0v) is 20.5. The molecule has 0 amide bonds. The molecule has 2 atom stereocenters. The van der Waals surface area contributed by atoms with E-state index < -0.39 is 11.6 Å². The molecule has 2 N–H and O–H groups in total. The molecule has 3 heterocycles. The summed E-state index contributed by atoms with van der Waals surface area (Å²) < 4.78 is 27.9. The molecule has 0 bridgehead atoms. The Morgan fingerprint density at radius 1 is 1.22 bits per heavy atom. The third-order valence-corrected chi connectivity index (χ3v) is 8.27. The van der Waals surface area contributed by atoms with E-state index in [-0.39, 0.29) is 17.7 Å². The minimum Gasteiger partial charge on any atom is -0.479 e. The summed E-state index contributed by atoms with van der Waals surface area (Å²) in [5.41, 5.74) is 4.63. The average Bonchev–Trinajstić information content (AvgIpc) is 3.60. The minimum absolute atomic E-state index is 0.0181. The molecule has 1 unspecified atom stereocenters. The van der Waals surface area contributed by atoms with Gasteiger partial charge in [0.25, 0.3) is 0 Å². The molecule has 188 valence electrons. The number of nitrogens with one attached hydrogen (secondary N) is 1. The first kappa shape index (κ1) is 23.2. The number of carboxylic acids is 1. The minimum atomic E-state index is -1.18. The monoisotopic (exact) mass is 491 g/mol. The van der Waals surface area contributed by atoms with Crippen LogP contribution < -0.4 is 0 Å². The Hall–Kier alpha value is -3.23. The lowest BCUT2D eigenvalue weighted by Crippen LogP contribution is -2.37. The van der Waals surface area contributed by atoms with Crippen LogP contribution in [0.2, 0.25) is 0 Å². The molecule has 1 aliphatic carbocycles. The molecular weight excluding hydrogens is 461 g/mol. The number of hydrogen-bond donors (Lipinski definition) is 2. The normalized spacial score (nSPS) is 23.1. The number of aromatic amines is 1.